The van der Waals surface area contributed by atoms with Crippen LogP contribution >= 0.6 is 11.8 Å². The van der Waals surface area contributed by atoms with Crippen LogP contribution < -0.4 is 0 Å². The predicted molar refractivity (Wildman–Crippen MR) is 77.5 cm³/mol. The third kappa shape index (κ3) is 4.45. The van der Waals surface area contributed by atoms with Crippen LogP contribution in [-0.2, 0) is 11.3 Å². The fourth-order valence-electron chi connectivity index (χ4n) is 2.17. The summed E-state index contributed by atoms with van der Waals surface area (Å²) in [6, 6.07) is 2.04. The molecule has 2 heterocycles. The van der Waals surface area contributed by atoms with Gasteiger partial charge in [-0.3, -0.25) is 9.88 Å². The first-order valence-electron chi connectivity index (χ1n) is 6.79. The monoisotopic (exact) mass is 282 g/mol. The van der Waals surface area contributed by atoms with E-state index in [0.29, 0.717) is 0 Å². The van der Waals surface area contributed by atoms with Gasteiger partial charge in [-0.05, 0) is 37.3 Å². The first-order valence-corrected chi connectivity index (χ1v) is 7.78. The molecule has 0 spiro atoms. The number of aliphatic hydroxyl groups is 1. The molecule has 0 saturated carbocycles. The van der Waals surface area contributed by atoms with E-state index >= 15 is 0 Å². The Labute approximate surface area is 119 Å². The predicted octanol–water partition coefficient (Wildman–Crippen LogP) is 1.70. The molecule has 1 fully saturated rings. The second-order valence-electron chi connectivity index (χ2n) is 4.69. The number of aliphatic hydroxyl groups excluding tert-OH is 1. The Bertz CT molecular complexity index is 395. The maximum atomic E-state index is 9.19. The fraction of sp³-hybridized carbons (Fsp3) is 0.643. The van der Waals surface area contributed by atoms with Crippen molar-refractivity contribution in [3.63, 3.8) is 0 Å². The van der Waals surface area contributed by atoms with Gasteiger partial charge in [-0.15, -0.1) is 11.8 Å². The maximum absolute atomic E-state index is 9.19. The Morgan fingerprint density at radius 2 is 2.21 bits per heavy atom. The van der Waals surface area contributed by atoms with Gasteiger partial charge in [0.1, 0.15) is 0 Å². The fourth-order valence-corrected chi connectivity index (χ4v) is 3.15. The molecule has 0 unspecified atom stereocenters. The van der Waals surface area contributed by atoms with E-state index < -0.39 is 0 Å². The van der Waals surface area contributed by atoms with E-state index in [1.807, 2.05) is 24.8 Å². The number of aromatic nitrogens is 1. The molecule has 1 saturated heterocycles. The van der Waals surface area contributed by atoms with Crippen molar-refractivity contribution in [3.05, 3.63) is 23.5 Å². The summed E-state index contributed by atoms with van der Waals surface area (Å²) in [4.78, 5) is 7.87. The number of pyridine rings is 1. The van der Waals surface area contributed by atoms with Crippen LogP contribution in [0.25, 0.3) is 0 Å². The zero-order chi connectivity index (χ0) is 13.5. The van der Waals surface area contributed by atoms with Gasteiger partial charge in [-0.25, -0.2) is 0 Å². The second-order valence-corrected chi connectivity index (χ2v) is 5.83. The minimum atomic E-state index is 0.0218. The van der Waals surface area contributed by atoms with Crippen LogP contribution in [0.4, 0.5) is 0 Å². The summed E-state index contributed by atoms with van der Waals surface area (Å²) in [5, 5.41) is 9.19. The van der Waals surface area contributed by atoms with Crippen molar-refractivity contribution < 1.29 is 9.84 Å². The van der Waals surface area contributed by atoms with Crippen LogP contribution in [0, 0.1) is 6.92 Å². The molecule has 1 aromatic rings. The van der Waals surface area contributed by atoms with Gasteiger partial charge in [0, 0.05) is 24.2 Å². The summed E-state index contributed by atoms with van der Waals surface area (Å²) in [5.41, 5.74) is 1.90. The topological polar surface area (TPSA) is 45.6 Å². The van der Waals surface area contributed by atoms with Crippen molar-refractivity contribution >= 4 is 11.8 Å². The molecule has 0 aromatic carbocycles. The lowest BCUT2D eigenvalue weighted by atomic mass is 10.2. The highest BCUT2D eigenvalue weighted by Gasteiger charge is 2.10. The van der Waals surface area contributed by atoms with Gasteiger partial charge in [-0.2, -0.15) is 0 Å². The van der Waals surface area contributed by atoms with Crippen molar-refractivity contribution in [1.82, 2.24) is 9.88 Å². The summed E-state index contributed by atoms with van der Waals surface area (Å²) in [5.74, 6) is 1.10. The van der Waals surface area contributed by atoms with E-state index in [0.717, 1.165) is 49.9 Å². The van der Waals surface area contributed by atoms with Crippen molar-refractivity contribution in [2.75, 3.05) is 38.6 Å². The number of hydrogen-bond acceptors (Lipinski definition) is 5. The van der Waals surface area contributed by atoms with Crippen LogP contribution in [0.5, 0.6) is 0 Å². The van der Waals surface area contributed by atoms with Gasteiger partial charge in [0.05, 0.1) is 25.5 Å². The quantitative estimate of drug-likeness (QED) is 0.635. The van der Waals surface area contributed by atoms with Gasteiger partial charge in [0.25, 0.3) is 0 Å². The number of rotatable bonds is 6. The van der Waals surface area contributed by atoms with Gasteiger partial charge in [0.15, 0.2) is 0 Å². The van der Waals surface area contributed by atoms with Crippen molar-refractivity contribution in [3.8, 4) is 0 Å². The number of thioether (sulfide) groups is 1. The van der Waals surface area contributed by atoms with Crippen LogP contribution in [-0.4, -0.2) is 53.6 Å². The average Bonchev–Trinajstić information content (AvgIpc) is 2.46. The normalized spacial score (nSPS) is 16.7. The number of morpholine rings is 1. The number of ether oxygens (including phenoxy) is 1. The van der Waals surface area contributed by atoms with E-state index in [1.54, 1.807) is 6.20 Å². The first-order chi connectivity index (χ1) is 9.31. The highest BCUT2D eigenvalue weighted by Crippen LogP contribution is 2.24. The van der Waals surface area contributed by atoms with Crippen molar-refractivity contribution in [1.29, 1.82) is 0 Å². The molecule has 0 bridgehead atoms. The molecule has 0 aliphatic carbocycles. The van der Waals surface area contributed by atoms with Crippen LogP contribution in [0.15, 0.2) is 17.2 Å². The van der Waals surface area contributed by atoms with E-state index in [1.165, 1.54) is 11.3 Å². The van der Waals surface area contributed by atoms with Crippen LogP contribution in [0.1, 0.15) is 17.7 Å². The SMILES string of the molecule is Cc1c(SCCCN2CCOCC2)ccnc1CO. The van der Waals surface area contributed by atoms with E-state index in [4.69, 9.17) is 4.74 Å². The summed E-state index contributed by atoms with van der Waals surface area (Å²) >= 11 is 1.86. The van der Waals surface area contributed by atoms with Gasteiger partial charge in [0.2, 0.25) is 0 Å². The van der Waals surface area contributed by atoms with E-state index in [-0.39, 0.29) is 6.61 Å². The third-order valence-electron chi connectivity index (χ3n) is 3.39. The van der Waals surface area contributed by atoms with Gasteiger partial charge in [-0.1, -0.05) is 0 Å². The molecule has 1 aromatic heterocycles. The minimum Gasteiger partial charge on any atom is -0.390 e. The smallest absolute Gasteiger partial charge is 0.0856 e. The Balaban J connectivity index is 1.73. The zero-order valence-electron chi connectivity index (χ0n) is 11.5. The highest BCUT2D eigenvalue weighted by atomic mass is 32.2. The largest absolute Gasteiger partial charge is 0.390 e. The molecule has 19 heavy (non-hydrogen) atoms. The molecule has 0 amide bonds. The first kappa shape index (κ1) is 14.8. The minimum absolute atomic E-state index is 0.0218. The summed E-state index contributed by atoms with van der Waals surface area (Å²) in [7, 11) is 0. The standard InChI is InChI=1S/C14H22N2O2S/c1-12-13(11-17)15-4-3-14(12)19-10-2-5-16-6-8-18-9-7-16/h3-4,17H,2,5-11H2,1H3. The maximum Gasteiger partial charge on any atom is 0.0856 e. The molecular formula is C14H22N2O2S. The Hall–Kier alpha value is -0.620. The molecule has 106 valence electrons. The van der Waals surface area contributed by atoms with Crippen LogP contribution in [0.2, 0.25) is 0 Å². The molecule has 1 aliphatic rings. The van der Waals surface area contributed by atoms with Gasteiger partial charge >= 0.3 is 0 Å². The zero-order valence-corrected chi connectivity index (χ0v) is 12.3. The number of nitrogens with zero attached hydrogens (tertiary/aromatic N) is 2. The molecule has 2 rings (SSSR count). The van der Waals surface area contributed by atoms with E-state index in [2.05, 4.69) is 9.88 Å². The Morgan fingerprint density at radius 3 is 2.95 bits per heavy atom. The second kappa shape index (κ2) is 7.85. The lowest BCUT2D eigenvalue weighted by Gasteiger charge is -2.26. The van der Waals surface area contributed by atoms with Gasteiger partial charge < -0.3 is 9.84 Å². The van der Waals surface area contributed by atoms with E-state index in [9.17, 15) is 5.11 Å². The summed E-state index contributed by atoms with van der Waals surface area (Å²) in [6.07, 6.45) is 2.96. The number of hydrogen-bond donors (Lipinski definition) is 1. The Kier molecular flexibility index (Phi) is 6.10. The molecule has 5 heteroatoms. The molecule has 0 atom stereocenters. The molecular weight excluding hydrogens is 260 g/mol. The third-order valence-corrected chi connectivity index (χ3v) is 4.63. The lowest BCUT2D eigenvalue weighted by Crippen LogP contribution is -2.36. The molecule has 4 nitrogen and oxygen atoms in total. The van der Waals surface area contributed by atoms with Crippen LogP contribution in [0.3, 0.4) is 0 Å². The molecule has 0 radical (unpaired) electrons. The summed E-state index contributed by atoms with van der Waals surface area (Å²) < 4.78 is 5.34. The van der Waals surface area contributed by atoms with Crippen molar-refractivity contribution in [2.24, 2.45) is 0 Å². The highest BCUT2D eigenvalue weighted by molar-refractivity contribution is 7.99. The summed E-state index contributed by atoms with van der Waals surface area (Å²) in [6.45, 7) is 7.07. The molecule has 1 aliphatic heterocycles. The average molecular weight is 282 g/mol. The van der Waals surface area contributed by atoms with Crippen molar-refractivity contribution in [2.45, 2.75) is 24.8 Å². The Morgan fingerprint density at radius 1 is 1.42 bits per heavy atom. The molecule has 1 N–H and O–H groups in total. The lowest BCUT2D eigenvalue weighted by molar-refractivity contribution is 0.0381.